The molecule has 1 aromatic carbocycles. The molecule has 0 saturated heterocycles. The number of rotatable bonds is 8. The van der Waals surface area contributed by atoms with Gasteiger partial charge in [0.05, 0.1) is 12.7 Å². The molecule has 2 N–H and O–H groups in total. The minimum absolute atomic E-state index is 0.368. The van der Waals surface area contributed by atoms with Crippen molar-refractivity contribution in [3.63, 3.8) is 0 Å². The van der Waals surface area contributed by atoms with Gasteiger partial charge in [0.15, 0.2) is 0 Å². The Morgan fingerprint density at radius 2 is 2.00 bits per heavy atom. The van der Waals surface area contributed by atoms with Crippen molar-refractivity contribution in [1.82, 2.24) is 9.80 Å². The topological polar surface area (TPSA) is 58.8 Å². The second-order valence-corrected chi connectivity index (χ2v) is 5.40. The van der Waals surface area contributed by atoms with Crippen LogP contribution < -0.4 is 5.73 Å². The van der Waals surface area contributed by atoms with Crippen LogP contribution in [0, 0.1) is 0 Å². The zero-order valence-electron chi connectivity index (χ0n) is 13.6. The van der Waals surface area contributed by atoms with Crippen LogP contribution >= 0.6 is 0 Å². The Morgan fingerprint density at radius 3 is 2.57 bits per heavy atom. The van der Waals surface area contributed by atoms with E-state index in [1.165, 1.54) is 7.11 Å². The molecule has 21 heavy (non-hydrogen) atoms. The summed E-state index contributed by atoms with van der Waals surface area (Å²) < 4.78 is 4.84. The molecule has 0 spiro atoms. The van der Waals surface area contributed by atoms with Gasteiger partial charge in [0, 0.05) is 12.2 Å². The van der Waals surface area contributed by atoms with E-state index in [0.29, 0.717) is 17.8 Å². The van der Waals surface area contributed by atoms with Gasteiger partial charge in [-0.05, 0) is 51.8 Å². The van der Waals surface area contributed by atoms with Gasteiger partial charge in [-0.1, -0.05) is 19.1 Å². The fourth-order valence-corrected chi connectivity index (χ4v) is 2.30. The Balaban J connectivity index is 2.80. The van der Waals surface area contributed by atoms with E-state index in [-0.39, 0.29) is 5.97 Å². The number of esters is 1. The summed E-state index contributed by atoms with van der Waals surface area (Å²) in [4.78, 5) is 16.4. The zero-order chi connectivity index (χ0) is 15.8. The summed E-state index contributed by atoms with van der Waals surface area (Å²) in [7, 11) is 5.53. The van der Waals surface area contributed by atoms with Crippen molar-refractivity contribution < 1.29 is 9.53 Å². The molecule has 0 bridgehead atoms. The predicted octanol–water partition coefficient (Wildman–Crippen LogP) is 1.83. The second-order valence-electron chi connectivity index (χ2n) is 5.40. The van der Waals surface area contributed by atoms with Crippen LogP contribution in [0.15, 0.2) is 18.2 Å². The van der Waals surface area contributed by atoms with Gasteiger partial charge in [0.1, 0.15) is 0 Å². The summed E-state index contributed by atoms with van der Waals surface area (Å²) >= 11 is 0. The molecule has 1 rings (SSSR count). The molecule has 0 heterocycles. The molecule has 0 aliphatic heterocycles. The Hall–Kier alpha value is -1.59. The highest BCUT2D eigenvalue weighted by molar-refractivity contribution is 5.96. The van der Waals surface area contributed by atoms with Crippen LogP contribution in [0.25, 0.3) is 0 Å². The number of nitrogens with two attached hydrogens (primary N) is 1. The fraction of sp³-hybridized carbons (Fsp3) is 0.562. The van der Waals surface area contributed by atoms with E-state index in [2.05, 4.69) is 30.8 Å². The first kappa shape index (κ1) is 17.5. The zero-order valence-corrected chi connectivity index (χ0v) is 13.6. The lowest BCUT2D eigenvalue weighted by atomic mass is 10.0. The number of ether oxygens (including phenoxy) is 1. The van der Waals surface area contributed by atoms with Crippen molar-refractivity contribution in [3.8, 4) is 0 Å². The van der Waals surface area contributed by atoms with E-state index in [9.17, 15) is 4.79 Å². The van der Waals surface area contributed by atoms with E-state index in [0.717, 1.165) is 31.6 Å². The van der Waals surface area contributed by atoms with Crippen molar-refractivity contribution in [2.24, 2.45) is 0 Å². The smallest absolute Gasteiger partial charge is 0.340 e. The summed E-state index contributed by atoms with van der Waals surface area (Å²) in [5, 5.41) is 0. The van der Waals surface area contributed by atoms with Gasteiger partial charge in [-0.15, -0.1) is 0 Å². The van der Waals surface area contributed by atoms with E-state index in [1.54, 1.807) is 6.07 Å². The molecule has 5 heteroatoms. The van der Waals surface area contributed by atoms with Crippen molar-refractivity contribution in [1.29, 1.82) is 0 Å². The standard InChI is InChI=1S/C16H27N3O2/c1-5-19(11-7-10-18(2)3)12-13-8-6-9-14(17)15(13)16(20)21-4/h6,8-9H,5,7,10-12,17H2,1-4H3. The molecule has 1 aromatic rings. The Bertz CT molecular complexity index is 461. The molecule has 0 amide bonds. The third kappa shape index (κ3) is 5.36. The molecule has 0 aliphatic rings. The van der Waals surface area contributed by atoms with Crippen molar-refractivity contribution >= 4 is 11.7 Å². The number of carbonyl (C=O) groups is 1. The number of nitrogens with zero attached hydrogens (tertiary/aromatic N) is 2. The van der Waals surface area contributed by atoms with Crippen LogP contribution in [-0.4, -0.2) is 56.6 Å². The van der Waals surface area contributed by atoms with E-state index in [1.807, 2.05) is 12.1 Å². The summed E-state index contributed by atoms with van der Waals surface area (Å²) in [5.74, 6) is -0.368. The summed E-state index contributed by atoms with van der Waals surface area (Å²) in [6.45, 7) is 5.81. The number of carbonyl (C=O) groups excluding carboxylic acids is 1. The number of hydrogen-bond donors (Lipinski definition) is 1. The van der Waals surface area contributed by atoms with Gasteiger partial charge in [0.25, 0.3) is 0 Å². The highest BCUT2D eigenvalue weighted by atomic mass is 16.5. The molecule has 0 atom stereocenters. The molecule has 118 valence electrons. The van der Waals surface area contributed by atoms with Crippen LogP contribution in [0.1, 0.15) is 29.3 Å². The lowest BCUT2D eigenvalue weighted by Crippen LogP contribution is -2.28. The fourth-order valence-electron chi connectivity index (χ4n) is 2.30. The van der Waals surface area contributed by atoms with Gasteiger partial charge < -0.3 is 15.4 Å². The lowest BCUT2D eigenvalue weighted by Gasteiger charge is -2.23. The van der Waals surface area contributed by atoms with Gasteiger partial charge >= 0.3 is 5.97 Å². The third-order valence-electron chi connectivity index (χ3n) is 3.49. The monoisotopic (exact) mass is 293 g/mol. The second kappa shape index (κ2) is 8.64. The molecule has 5 nitrogen and oxygen atoms in total. The number of benzene rings is 1. The minimum atomic E-state index is -0.368. The van der Waals surface area contributed by atoms with E-state index in [4.69, 9.17) is 10.5 Å². The van der Waals surface area contributed by atoms with Crippen molar-refractivity contribution in [3.05, 3.63) is 29.3 Å². The predicted molar refractivity (Wildman–Crippen MR) is 86.3 cm³/mol. The molecule has 0 aromatic heterocycles. The number of methoxy groups -OCH3 is 1. The van der Waals surface area contributed by atoms with Crippen LogP contribution in [-0.2, 0) is 11.3 Å². The normalized spacial score (nSPS) is 11.1. The average Bonchev–Trinajstić information content (AvgIpc) is 2.45. The van der Waals surface area contributed by atoms with E-state index < -0.39 is 0 Å². The molecule has 0 unspecified atom stereocenters. The van der Waals surface area contributed by atoms with Crippen LogP contribution in [0.4, 0.5) is 5.69 Å². The number of hydrogen-bond acceptors (Lipinski definition) is 5. The highest BCUT2D eigenvalue weighted by Gasteiger charge is 2.17. The van der Waals surface area contributed by atoms with Crippen LogP contribution in [0.3, 0.4) is 0 Å². The summed E-state index contributed by atoms with van der Waals surface area (Å²) in [5.41, 5.74) is 7.82. The van der Waals surface area contributed by atoms with E-state index >= 15 is 0 Å². The van der Waals surface area contributed by atoms with Crippen molar-refractivity contribution in [2.75, 3.05) is 46.6 Å². The molecule has 0 aliphatic carbocycles. The first-order valence-electron chi connectivity index (χ1n) is 7.32. The SMILES string of the molecule is CCN(CCCN(C)C)Cc1cccc(N)c1C(=O)OC. The number of nitrogen functional groups attached to an aromatic ring is 1. The minimum Gasteiger partial charge on any atom is -0.465 e. The maximum absolute atomic E-state index is 11.9. The Labute approximate surface area is 127 Å². The third-order valence-corrected chi connectivity index (χ3v) is 3.49. The first-order valence-corrected chi connectivity index (χ1v) is 7.32. The van der Waals surface area contributed by atoms with Gasteiger partial charge in [-0.2, -0.15) is 0 Å². The molecule has 0 radical (unpaired) electrons. The van der Waals surface area contributed by atoms with Crippen LogP contribution in [0.5, 0.6) is 0 Å². The molecular formula is C16H27N3O2. The van der Waals surface area contributed by atoms with Gasteiger partial charge in [-0.3, -0.25) is 4.90 Å². The van der Waals surface area contributed by atoms with Gasteiger partial charge in [-0.25, -0.2) is 4.79 Å². The highest BCUT2D eigenvalue weighted by Crippen LogP contribution is 2.20. The maximum Gasteiger partial charge on any atom is 0.340 e. The van der Waals surface area contributed by atoms with Crippen LogP contribution in [0.2, 0.25) is 0 Å². The van der Waals surface area contributed by atoms with Crippen molar-refractivity contribution in [2.45, 2.75) is 19.9 Å². The number of anilines is 1. The molecule has 0 fully saturated rings. The largest absolute Gasteiger partial charge is 0.465 e. The Morgan fingerprint density at radius 1 is 1.29 bits per heavy atom. The molecular weight excluding hydrogens is 266 g/mol. The molecule has 0 saturated carbocycles. The van der Waals surface area contributed by atoms with Gasteiger partial charge in [0.2, 0.25) is 0 Å². The lowest BCUT2D eigenvalue weighted by molar-refractivity contribution is 0.0599. The maximum atomic E-state index is 11.9. The summed E-state index contributed by atoms with van der Waals surface area (Å²) in [6.07, 6.45) is 1.09. The summed E-state index contributed by atoms with van der Waals surface area (Å²) in [6, 6.07) is 5.56. The Kier molecular flexibility index (Phi) is 7.19. The average molecular weight is 293 g/mol. The quantitative estimate of drug-likeness (QED) is 0.585. The first-order chi connectivity index (χ1) is 9.99.